The number of benzodiazepines with no additional fused rings is 1. The van der Waals surface area contributed by atoms with E-state index in [1.54, 1.807) is 11.8 Å². The summed E-state index contributed by atoms with van der Waals surface area (Å²) in [5, 5.41) is 2.94. The SMILES string of the molecule is CCC(C)NC(=O)CN1C(=O)C(C)N=C(c2ccccc2)c2ccccc21. The summed E-state index contributed by atoms with van der Waals surface area (Å²) >= 11 is 0. The van der Waals surface area contributed by atoms with Gasteiger partial charge in [-0.25, -0.2) is 0 Å². The van der Waals surface area contributed by atoms with Crippen LogP contribution in [0.5, 0.6) is 0 Å². The van der Waals surface area contributed by atoms with Crippen LogP contribution in [-0.2, 0) is 9.59 Å². The number of rotatable bonds is 5. The first-order valence-corrected chi connectivity index (χ1v) is 9.34. The number of aliphatic imine (C=N–C) groups is 1. The molecule has 27 heavy (non-hydrogen) atoms. The van der Waals surface area contributed by atoms with Gasteiger partial charge in [-0.1, -0.05) is 55.5 Å². The molecular weight excluding hydrogens is 338 g/mol. The van der Waals surface area contributed by atoms with E-state index >= 15 is 0 Å². The monoisotopic (exact) mass is 363 g/mol. The molecule has 0 saturated heterocycles. The van der Waals surface area contributed by atoms with Gasteiger partial charge in [-0.15, -0.1) is 0 Å². The minimum Gasteiger partial charge on any atom is -0.352 e. The van der Waals surface area contributed by atoms with Crippen molar-refractivity contribution in [1.29, 1.82) is 0 Å². The molecule has 5 heteroatoms. The normalized spacial score (nSPS) is 17.6. The average molecular weight is 363 g/mol. The van der Waals surface area contributed by atoms with Gasteiger partial charge >= 0.3 is 0 Å². The molecule has 140 valence electrons. The molecule has 0 spiro atoms. The zero-order valence-corrected chi connectivity index (χ0v) is 16.0. The van der Waals surface area contributed by atoms with Crippen LogP contribution in [0.4, 0.5) is 5.69 Å². The number of nitrogens with one attached hydrogen (secondary N) is 1. The Balaban J connectivity index is 2.01. The third-order valence-corrected chi connectivity index (χ3v) is 4.76. The highest BCUT2D eigenvalue weighted by atomic mass is 16.2. The van der Waals surface area contributed by atoms with E-state index in [4.69, 9.17) is 4.99 Å². The van der Waals surface area contributed by atoms with Gasteiger partial charge in [-0.05, 0) is 26.3 Å². The predicted octanol–water partition coefficient (Wildman–Crippen LogP) is 3.17. The highest BCUT2D eigenvalue weighted by Crippen LogP contribution is 2.28. The molecule has 0 radical (unpaired) electrons. The van der Waals surface area contributed by atoms with Crippen LogP contribution in [0.25, 0.3) is 0 Å². The van der Waals surface area contributed by atoms with Gasteiger partial charge in [-0.3, -0.25) is 14.6 Å². The van der Waals surface area contributed by atoms with Crippen molar-refractivity contribution >= 4 is 23.2 Å². The van der Waals surface area contributed by atoms with Gasteiger partial charge in [0.25, 0.3) is 5.91 Å². The summed E-state index contributed by atoms with van der Waals surface area (Å²) in [4.78, 5) is 31.7. The summed E-state index contributed by atoms with van der Waals surface area (Å²) in [6, 6.07) is 17.0. The number of carbonyl (C=O) groups is 2. The number of carbonyl (C=O) groups excluding carboxylic acids is 2. The predicted molar refractivity (Wildman–Crippen MR) is 108 cm³/mol. The van der Waals surface area contributed by atoms with Gasteiger partial charge in [0.2, 0.25) is 5.91 Å². The molecule has 1 aliphatic rings. The van der Waals surface area contributed by atoms with Crippen molar-refractivity contribution in [2.24, 2.45) is 4.99 Å². The van der Waals surface area contributed by atoms with E-state index in [0.29, 0.717) is 5.69 Å². The molecule has 1 aliphatic heterocycles. The summed E-state index contributed by atoms with van der Waals surface area (Å²) < 4.78 is 0. The summed E-state index contributed by atoms with van der Waals surface area (Å²) in [5.74, 6) is -0.337. The Bertz CT molecular complexity index is 861. The van der Waals surface area contributed by atoms with Crippen molar-refractivity contribution in [3.05, 3.63) is 65.7 Å². The van der Waals surface area contributed by atoms with Crippen molar-refractivity contribution in [2.75, 3.05) is 11.4 Å². The summed E-state index contributed by atoms with van der Waals surface area (Å²) in [5.41, 5.74) is 3.30. The number of hydrogen-bond acceptors (Lipinski definition) is 3. The summed E-state index contributed by atoms with van der Waals surface area (Å²) in [6.07, 6.45) is 0.841. The van der Waals surface area contributed by atoms with Gasteiger partial charge in [0, 0.05) is 17.2 Å². The first-order valence-electron chi connectivity index (χ1n) is 9.34. The first kappa shape index (κ1) is 18.8. The molecule has 5 nitrogen and oxygen atoms in total. The molecule has 0 aromatic heterocycles. The smallest absolute Gasteiger partial charge is 0.252 e. The zero-order valence-electron chi connectivity index (χ0n) is 16.0. The average Bonchev–Trinajstić information content (AvgIpc) is 2.79. The Hall–Kier alpha value is -2.95. The highest BCUT2D eigenvalue weighted by molar-refractivity contribution is 6.20. The number of fused-ring (bicyclic) bond motifs is 1. The molecule has 0 bridgehead atoms. The van der Waals surface area contributed by atoms with Crippen molar-refractivity contribution in [1.82, 2.24) is 5.32 Å². The van der Waals surface area contributed by atoms with Crippen LogP contribution in [0.15, 0.2) is 59.6 Å². The van der Waals surface area contributed by atoms with Crippen LogP contribution in [0.3, 0.4) is 0 Å². The second-order valence-corrected chi connectivity index (χ2v) is 6.84. The van der Waals surface area contributed by atoms with Gasteiger partial charge in [-0.2, -0.15) is 0 Å². The summed E-state index contributed by atoms with van der Waals surface area (Å²) in [7, 11) is 0. The Labute approximate surface area is 160 Å². The largest absolute Gasteiger partial charge is 0.352 e. The number of nitrogens with zero attached hydrogens (tertiary/aromatic N) is 2. The quantitative estimate of drug-likeness (QED) is 0.887. The number of para-hydroxylation sites is 1. The number of benzene rings is 2. The molecular formula is C22H25N3O2. The highest BCUT2D eigenvalue weighted by Gasteiger charge is 2.30. The Morgan fingerprint density at radius 1 is 1.15 bits per heavy atom. The fraction of sp³-hybridized carbons (Fsp3) is 0.318. The van der Waals surface area contributed by atoms with Crippen LogP contribution in [0.1, 0.15) is 38.3 Å². The van der Waals surface area contributed by atoms with Crippen LogP contribution < -0.4 is 10.2 Å². The Morgan fingerprint density at radius 3 is 2.52 bits per heavy atom. The van der Waals surface area contributed by atoms with Gasteiger partial charge in [0.15, 0.2) is 0 Å². The summed E-state index contributed by atoms with van der Waals surface area (Å²) in [6.45, 7) is 5.73. The zero-order chi connectivity index (χ0) is 19.4. The number of anilines is 1. The molecule has 2 unspecified atom stereocenters. The van der Waals surface area contributed by atoms with Gasteiger partial charge < -0.3 is 10.2 Å². The Morgan fingerprint density at radius 2 is 1.81 bits per heavy atom. The fourth-order valence-electron chi connectivity index (χ4n) is 3.13. The maximum Gasteiger partial charge on any atom is 0.252 e. The maximum atomic E-state index is 13.0. The number of amides is 2. The molecule has 3 rings (SSSR count). The van der Waals surface area contributed by atoms with E-state index in [0.717, 1.165) is 23.3 Å². The van der Waals surface area contributed by atoms with E-state index < -0.39 is 6.04 Å². The molecule has 1 N–H and O–H groups in total. The Kier molecular flexibility index (Phi) is 5.69. The minimum atomic E-state index is -0.566. The lowest BCUT2D eigenvalue weighted by Crippen LogP contribution is -2.45. The second-order valence-electron chi connectivity index (χ2n) is 6.84. The molecule has 0 aliphatic carbocycles. The van der Waals surface area contributed by atoms with Crippen molar-refractivity contribution in [2.45, 2.75) is 39.3 Å². The molecule has 0 saturated carbocycles. The van der Waals surface area contributed by atoms with Gasteiger partial charge in [0.05, 0.1) is 11.4 Å². The lowest BCUT2D eigenvalue weighted by Gasteiger charge is -2.24. The topological polar surface area (TPSA) is 61.8 Å². The lowest BCUT2D eigenvalue weighted by molar-refractivity contribution is -0.124. The van der Waals surface area contributed by atoms with Crippen molar-refractivity contribution in [3.8, 4) is 0 Å². The van der Waals surface area contributed by atoms with Crippen molar-refractivity contribution < 1.29 is 9.59 Å². The fourth-order valence-corrected chi connectivity index (χ4v) is 3.13. The van der Waals surface area contributed by atoms with Crippen LogP contribution in [0, 0.1) is 0 Å². The van der Waals surface area contributed by atoms with Crippen LogP contribution >= 0.6 is 0 Å². The third-order valence-electron chi connectivity index (χ3n) is 4.76. The number of hydrogen-bond donors (Lipinski definition) is 1. The van der Waals surface area contributed by atoms with Crippen LogP contribution in [0.2, 0.25) is 0 Å². The van der Waals surface area contributed by atoms with Gasteiger partial charge in [0.1, 0.15) is 12.6 Å². The minimum absolute atomic E-state index is 0.0118. The van der Waals surface area contributed by atoms with E-state index in [9.17, 15) is 9.59 Å². The first-order chi connectivity index (χ1) is 13.0. The molecule has 2 aromatic carbocycles. The van der Waals surface area contributed by atoms with Crippen LogP contribution in [-0.4, -0.2) is 36.2 Å². The molecule has 1 heterocycles. The van der Waals surface area contributed by atoms with E-state index in [2.05, 4.69) is 5.32 Å². The molecule has 2 aromatic rings. The standard InChI is InChI=1S/C22H25N3O2/c1-4-15(2)23-20(26)14-25-19-13-9-8-12-18(19)21(24-16(3)22(25)27)17-10-6-5-7-11-17/h5-13,15-16H,4,14H2,1-3H3,(H,23,26). The van der Waals surface area contributed by atoms with Crippen molar-refractivity contribution in [3.63, 3.8) is 0 Å². The third kappa shape index (κ3) is 4.08. The molecule has 2 amide bonds. The maximum absolute atomic E-state index is 13.0. The molecule has 2 atom stereocenters. The molecule has 0 fully saturated rings. The second kappa shape index (κ2) is 8.16. The van der Waals surface area contributed by atoms with E-state index in [1.807, 2.05) is 68.4 Å². The van der Waals surface area contributed by atoms with E-state index in [-0.39, 0.29) is 24.4 Å². The van der Waals surface area contributed by atoms with E-state index in [1.165, 1.54) is 0 Å². The lowest BCUT2D eigenvalue weighted by atomic mass is 10.0.